The summed E-state index contributed by atoms with van der Waals surface area (Å²) in [4.78, 5) is 0. The number of nitrogen functional groups attached to an aromatic ring is 2. The second kappa shape index (κ2) is 3.16. The standard InChI is InChI=1S/C14H21N3/c1-13(17)12-9(10(15)4-5-11(12)16)8-14(13)6-2-3-7-14/h4-5H,2-3,6-8,15-17H2,1H3. The Hall–Kier alpha value is -1.22. The molecule has 0 amide bonds. The lowest BCUT2D eigenvalue weighted by Gasteiger charge is -2.39. The normalized spacial score (nSPS) is 29.8. The van der Waals surface area contributed by atoms with E-state index in [2.05, 4.69) is 6.92 Å². The molecule has 0 saturated heterocycles. The molecule has 1 unspecified atom stereocenters. The highest BCUT2D eigenvalue weighted by Gasteiger charge is 2.54. The lowest BCUT2D eigenvalue weighted by molar-refractivity contribution is 0.165. The summed E-state index contributed by atoms with van der Waals surface area (Å²) in [7, 11) is 0. The highest BCUT2D eigenvalue weighted by atomic mass is 14.8. The van der Waals surface area contributed by atoms with Gasteiger partial charge in [0.2, 0.25) is 0 Å². The van der Waals surface area contributed by atoms with E-state index in [0.717, 1.165) is 23.4 Å². The number of fused-ring (bicyclic) bond motifs is 1. The fourth-order valence-corrected chi connectivity index (χ4v) is 4.02. The van der Waals surface area contributed by atoms with Crippen molar-refractivity contribution in [2.24, 2.45) is 11.1 Å². The molecule has 1 aromatic carbocycles. The summed E-state index contributed by atoms with van der Waals surface area (Å²) in [5, 5.41) is 0. The Labute approximate surface area is 102 Å². The summed E-state index contributed by atoms with van der Waals surface area (Å²) in [5.41, 5.74) is 22.8. The first-order valence-electron chi connectivity index (χ1n) is 6.44. The topological polar surface area (TPSA) is 78.1 Å². The first-order chi connectivity index (χ1) is 7.98. The van der Waals surface area contributed by atoms with E-state index in [1.807, 2.05) is 12.1 Å². The molecule has 3 rings (SSSR count). The maximum Gasteiger partial charge on any atom is 0.0465 e. The summed E-state index contributed by atoms with van der Waals surface area (Å²) in [5.74, 6) is 0. The maximum absolute atomic E-state index is 6.66. The van der Waals surface area contributed by atoms with Gasteiger partial charge in [0.25, 0.3) is 0 Å². The number of anilines is 2. The third-order valence-electron chi connectivity index (χ3n) is 5.08. The van der Waals surface area contributed by atoms with Gasteiger partial charge in [0.1, 0.15) is 0 Å². The molecule has 3 heteroatoms. The number of benzene rings is 1. The lowest BCUT2D eigenvalue weighted by Crippen LogP contribution is -2.46. The SMILES string of the molecule is CC1(N)c2c(N)ccc(N)c2CC12CCCC2. The van der Waals surface area contributed by atoms with Crippen LogP contribution in [-0.2, 0) is 12.0 Å². The molecule has 0 bridgehead atoms. The molecule has 0 radical (unpaired) electrons. The molecule has 2 aliphatic rings. The monoisotopic (exact) mass is 231 g/mol. The number of hydrogen-bond donors (Lipinski definition) is 3. The van der Waals surface area contributed by atoms with Gasteiger partial charge < -0.3 is 17.2 Å². The summed E-state index contributed by atoms with van der Waals surface area (Å²) in [6, 6.07) is 3.81. The molecule has 1 atom stereocenters. The van der Waals surface area contributed by atoms with Crippen LogP contribution in [0.4, 0.5) is 11.4 Å². The third-order valence-corrected chi connectivity index (χ3v) is 5.08. The predicted molar refractivity (Wildman–Crippen MR) is 71.4 cm³/mol. The maximum atomic E-state index is 6.66. The van der Waals surface area contributed by atoms with E-state index in [1.165, 1.54) is 31.2 Å². The fraction of sp³-hybridized carbons (Fsp3) is 0.571. The summed E-state index contributed by atoms with van der Waals surface area (Å²) in [6.45, 7) is 2.14. The first-order valence-corrected chi connectivity index (χ1v) is 6.44. The highest BCUT2D eigenvalue weighted by Crippen LogP contribution is 2.59. The van der Waals surface area contributed by atoms with Gasteiger partial charge in [0, 0.05) is 22.5 Å². The van der Waals surface area contributed by atoms with Crippen LogP contribution in [0.1, 0.15) is 43.7 Å². The Balaban J connectivity index is 2.22. The van der Waals surface area contributed by atoms with Crippen molar-refractivity contribution in [3.8, 4) is 0 Å². The van der Waals surface area contributed by atoms with Crippen molar-refractivity contribution in [3.63, 3.8) is 0 Å². The van der Waals surface area contributed by atoms with Crippen molar-refractivity contribution in [2.45, 2.75) is 44.6 Å². The van der Waals surface area contributed by atoms with E-state index in [4.69, 9.17) is 17.2 Å². The molecular formula is C14H21N3. The largest absolute Gasteiger partial charge is 0.398 e. The van der Waals surface area contributed by atoms with Gasteiger partial charge in [0.15, 0.2) is 0 Å². The molecule has 1 spiro atoms. The van der Waals surface area contributed by atoms with Crippen LogP contribution in [0.2, 0.25) is 0 Å². The molecule has 1 aromatic rings. The van der Waals surface area contributed by atoms with Crippen LogP contribution in [0.25, 0.3) is 0 Å². The number of rotatable bonds is 0. The molecule has 0 aliphatic heterocycles. The molecule has 3 nitrogen and oxygen atoms in total. The Morgan fingerprint density at radius 2 is 1.65 bits per heavy atom. The van der Waals surface area contributed by atoms with Gasteiger partial charge in [-0.15, -0.1) is 0 Å². The first kappa shape index (κ1) is 10.9. The van der Waals surface area contributed by atoms with Crippen molar-refractivity contribution >= 4 is 11.4 Å². The van der Waals surface area contributed by atoms with E-state index in [9.17, 15) is 0 Å². The van der Waals surface area contributed by atoms with Crippen molar-refractivity contribution in [3.05, 3.63) is 23.3 Å². The molecule has 92 valence electrons. The fourth-order valence-electron chi connectivity index (χ4n) is 4.02. The van der Waals surface area contributed by atoms with E-state index < -0.39 is 0 Å². The molecule has 17 heavy (non-hydrogen) atoms. The zero-order chi connectivity index (χ0) is 12.3. The van der Waals surface area contributed by atoms with Gasteiger partial charge in [0.05, 0.1) is 0 Å². The number of nitrogens with two attached hydrogens (primary N) is 3. The van der Waals surface area contributed by atoms with E-state index in [0.29, 0.717) is 0 Å². The Kier molecular flexibility index (Phi) is 2.03. The minimum absolute atomic E-state index is 0.193. The van der Waals surface area contributed by atoms with Crippen molar-refractivity contribution in [1.29, 1.82) is 0 Å². The van der Waals surface area contributed by atoms with E-state index in [1.54, 1.807) is 0 Å². The van der Waals surface area contributed by atoms with Gasteiger partial charge in [-0.25, -0.2) is 0 Å². The van der Waals surface area contributed by atoms with Crippen LogP contribution >= 0.6 is 0 Å². The van der Waals surface area contributed by atoms with Gasteiger partial charge >= 0.3 is 0 Å². The van der Waals surface area contributed by atoms with Gasteiger partial charge in [-0.05, 0) is 49.3 Å². The van der Waals surface area contributed by atoms with Crippen LogP contribution in [0.15, 0.2) is 12.1 Å². The molecule has 0 aromatic heterocycles. The molecule has 0 heterocycles. The van der Waals surface area contributed by atoms with E-state index in [-0.39, 0.29) is 11.0 Å². The smallest absolute Gasteiger partial charge is 0.0465 e. The third kappa shape index (κ3) is 1.20. The van der Waals surface area contributed by atoms with Gasteiger partial charge in [-0.2, -0.15) is 0 Å². The van der Waals surface area contributed by atoms with Crippen LogP contribution in [0.5, 0.6) is 0 Å². The Morgan fingerprint density at radius 3 is 2.24 bits per heavy atom. The quantitative estimate of drug-likeness (QED) is 0.599. The summed E-state index contributed by atoms with van der Waals surface area (Å²) >= 11 is 0. The van der Waals surface area contributed by atoms with Gasteiger partial charge in [-0.1, -0.05) is 12.8 Å². The average Bonchev–Trinajstić information content (AvgIpc) is 2.81. The molecule has 1 fully saturated rings. The van der Waals surface area contributed by atoms with Crippen molar-refractivity contribution in [1.82, 2.24) is 0 Å². The van der Waals surface area contributed by atoms with Crippen LogP contribution in [-0.4, -0.2) is 0 Å². The van der Waals surface area contributed by atoms with Crippen LogP contribution < -0.4 is 17.2 Å². The molecule has 2 aliphatic carbocycles. The van der Waals surface area contributed by atoms with Crippen LogP contribution in [0.3, 0.4) is 0 Å². The second-order valence-corrected chi connectivity index (χ2v) is 5.96. The lowest BCUT2D eigenvalue weighted by atomic mass is 9.70. The van der Waals surface area contributed by atoms with E-state index >= 15 is 0 Å². The van der Waals surface area contributed by atoms with Gasteiger partial charge in [-0.3, -0.25) is 0 Å². The number of hydrogen-bond acceptors (Lipinski definition) is 3. The summed E-state index contributed by atoms with van der Waals surface area (Å²) < 4.78 is 0. The molecule has 1 saturated carbocycles. The zero-order valence-electron chi connectivity index (χ0n) is 10.4. The van der Waals surface area contributed by atoms with Crippen molar-refractivity contribution in [2.75, 3.05) is 11.5 Å². The minimum Gasteiger partial charge on any atom is -0.398 e. The highest BCUT2D eigenvalue weighted by molar-refractivity contribution is 5.67. The molecular weight excluding hydrogens is 210 g/mol. The van der Waals surface area contributed by atoms with Crippen LogP contribution in [0, 0.1) is 5.41 Å². The molecule has 6 N–H and O–H groups in total. The van der Waals surface area contributed by atoms with Crippen molar-refractivity contribution < 1.29 is 0 Å². The average molecular weight is 231 g/mol. The zero-order valence-corrected chi connectivity index (χ0v) is 10.4. The predicted octanol–water partition coefficient (Wildman–Crippen LogP) is 2.14. The minimum atomic E-state index is -0.321. The second-order valence-electron chi connectivity index (χ2n) is 5.96. The Morgan fingerprint density at radius 1 is 1.06 bits per heavy atom. The Bertz CT molecular complexity index is 471. The summed E-state index contributed by atoms with van der Waals surface area (Å²) in [6.07, 6.45) is 5.97.